The van der Waals surface area contributed by atoms with E-state index in [1.807, 2.05) is 30.3 Å². The summed E-state index contributed by atoms with van der Waals surface area (Å²) in [6.07, 6.45) is 0. The second-order valence-corrected chi connectivity index (χ2v) is 7.05. The van der Waals surface area contributed by atoms with Crippen molar-refractivity contribution < 1.29 is 14.3 Å². The molecule has 27 heavy (non-hydrogen) atoms. The van der Waals surface area contributed by atoms with Crippen LogP contribution in [-0.4, -0.2) is 20.9 Å². The molecule has 0 bridgehead atoms. The first-order valence-corrected chi connectivity index (χ1v) is 8.92. The number of hydrogen-bond acceptors (Lipinski definition) is 3. The van der Waals surface area contributed by atoms with Gasteiger partial charge in [-0.3, -0.25) is 4.68 Å². The van der Waals surface area contributed by atoms with Gasteiger partial charge in [-0.05, 0) is 43.3 Å². The Labute approximate surface area is 164 Å². The fraction of sp³-hybridized carbons (Fsp3) is 0.100. The zero-order chi connectivity index (χ0) is 19.1. The monoisotopic (exact) mass is 400 g/mol. The molecule has 4 aromatic rings. The fourth-order valence-electron chi connectivity index (χ4n) is 3.03. The molecule has 0 spiro atoms. The van der Waals surface area contributed by atoms with E-state index < -0.39 is 5.97 Å². The highest BCUT2D eigenvalue weighted by Crippen LogP contribution is 2.35. The van der Waals surface area contributed by atoms with E-state index in [0.717, 1.165) is 22.2 Å². The van der Waals surface area contributed by atoms with Gasteiger partial charge in [-0.25, -0.2) is 4.79 Å². The van der Waals surface area contributed by atoms with E-state index in [1.165, 1.54) is 6.07 Å². The standard InChI is InChI=1S/C20H14Cl2N2O3/c1-11-6-17(20(25)26)23-24(11)10-13-8-14(21)7-12-9-18(27-19(12)13)15-4-2-3-5-16(15)22/h2-9H,10H2,1H3,(H,25,26). The van der Waals surface area contributed by atoms with Gasteiger partial charge in [-0.1, -0.05) is 35.3 Å². The van der Waals surface area contributed by atoms with E-state index in [4.69, 9.17) is 32.7 Å². The number of aryl methyl sites for hydroxylation is 1. The molecule has 0 amide bonds. The lowest BCUT2D eigenvalue weighted by Crippen LogP contribution is -2.06. The largest absolute Gasteiger partial charge is 0.476 e. The van der Waals surface area contributed by atoms with Crippen molar-refractivity contribution in [3.05, 3.63) is 75.5 Å². The van der Waals surface area contributed by atoms with Gasteiger partial charge < -0.3 is 9.52 Å². The third-order valence-electron chi connectivity index (χ3n) is 4.32. The Bertz CT molecular complexity index is 1180. The lowest BCUT2D eigenvalue weighted by Gasteiger charge is -2.06. The van der Waals surface area contributed by atoms with Crippen molar-refractivity contribution in [3.8, 4) is 11.3 Å². The number of rotatable bonds is 4. The molecule has 4 rings (SSSR count). The predicted octanol–water partition coefficient (Wildman–Crippen LogP) is 5.66. The molecule has 2 heterocycles. The molecule has 5 nitrogen and oxygen atoms in total. The summed E-state index contributed by atoms with van der Waals surface area (Å²) in [5.41, 5.74) is 3.00. The number of carbonyl (C=O) groups is 1. The number of aromatic carboxylic acids is 1. The average Bonchev–Trinajstić information content (AvgIpc) is 3.19. The minimum absolute atomic E-state index is 0.00183. The smallest absolute Gasteiger partial charge is 0.356 e. The van der Waals surface area contributed by atoms with Crippen LogP contribution >= 0.6 is 23.2 Å². The van der Waals surface area contributed by atoms with Crippen LogP contribution in [0, 0.1) is 6.92 Å². The molecule has 0 aliphatic carbocycles. The van der Waals surface area contributed by atoms with Crippen LogP contribution in [0.15, 0.2) is 52.9 Å². The summed E-state index contributed by atoms with van der Waals surface area (Å²) < 4.78 is 7.70. The molecule has 1 N–H and O–H groups in total. The van der Waals surface area contributed by atoms with Gasteiger partial charge in [0.25, 0.3) is 0 Å². The number of halogens is 2. The number of carboxylic acids is 1. The van der Waals surface area contributed by atoms with Crippen LogP contribution < -0.4 is 0 Å². The van der Waals surface area contributed by atoms with Crippen LogP contribution in [-0.2, 0) is 6.54 Å². The van der Waals surface area contributed by atoms with Crippen LogP contribution in [0.2, 0.25) is 10.0 Å². The molecule has 0 saturated carbocycles. The average molecular weight is 401 g/mol. The third kappa shape index (κ3) is 3.31. The molecule has 0 fully saturated rings. The lowest BCUT2D eigenvalue weighted by molar-refractivity contribution is 0.0689. The van der Waals surface area contributed by atoms with Crippen molar-refractivity contribution in [2.24, 2.45) is 0 Å². The topological polar surface area (TPSA) is 68.3 Å². The first-order chi connectivity index (χ1) is 12.9. The third-order valence-corrected chi connectivity index (χ3v) is 4.87. The zero-order valence-corrected chi connectivity index (χ0v) is 15.8. The van der Waals surface area contributed by atoms with E-state index in [0.29, 0.717) is 27.9 Å². The van der Waals surface area contributed by atoms with E-state index >= 15 is 0 Å². The second kappa shape index (κ2) is 6.76. The normalized spacial score (nSPS) is 11.2. The Morgan fingerprint density at radius 1 is 1.19 bits per heavy atom. The van der Waals surface area contributed by atoms with Crippen molar-refractivity contribution in [2.45, 2.75) is 13.5 Å². The SMILES string of the molecule is Cc1cc(C(=O)O)nn1Cc1cc(Cl)cc2cc(-c3ccccc3Cl)oc12. The molecule has 0 radical (unpaired) electrons. The minimum Gasteiger partial charge on any atom is -0.476 e. The number of furan rings is 1. The molecule has 2 aromatic heterocycles. The highest BCUT2D eigenvalue weighted by atomic mass is 35.5. The van der Waals surface area contributed by atoms with Crippen molar-refractivity contribution in [3.63, 3.8) is 0 Å². The summed E-state index contributed by atoms with van der Waals surface area (Å²) >= 11 is 12.6. The summed E-state index contributed by atoms with van der Waals surface area (Å²) in [4.78, 5) is 11.1. The van der Waals surface area contributed by atoms with Crippen molar-refractivity contribution in [2.75, 3.05) is 0 Å². The number of benzene rings is 2. The van der Waals surface area contributed by atoms with Crippen molar-refractivity contribution >= 4 is 40.1 Å². The summed E-state index contributed by atoms with van der Waals surface area (Å²) in [6, 6.07) is 14.5. The molecule has 0 atom stereocenters. The predicted molar refractivity (Wildman–Crippen MR) is 105 cm³/mol. The van der Waals surface area contributed by atoms with Gasteiger partial charge in [0.15, 0.2) is 5.69 Å². The van der Waals surface area contributed by atoms with Crippen LogP contribution in [0.25, 0.3) is 22.3 Å². The summed E-state index contributed by atoms with van der Waals surface area (Å²) in [5.74, 6) is -0.422. The van der Waals surface area contributed by atoms with Crippen molar-refractivity contribution in [1.29, 1.82) is 0 Å². The van der Waals surface area contributed by atoms with E-state index in [2.05, 4.69) is 5.10 Å². The Kier molecular flexibility index (Phi) is 4.42. The number of aromatic nitrogens is 2. The quantitative estimate of drug-likeness (QED) is 0.479. The lowest BCUT2D eigenvalue weighted by atomic mass is 10.1. The van der Waals surface area contributed by atoms with E-state index in [1.54, 1.807) is 23.7 Å². The molecule has 136 valence electrons. The summed E-state index contributed by atoms with van der Waals surface area (Å²) in [7, 11) is 0. The van der Waals surface area contributed by atoms with Gasteiger partial charge in [0, 0.05) is 27.2 Å². The first kappa shape index (κ1) is 17.6. The fourth-order valence-corrected chi connectivity index (χ4v) is 3.51. The Morgan fingerprint density at radius 2 is 1.96 bits per heavy atom. The number of carboxylic acid groups (broad SMARTS) is 1. The van der Waals surface area contributed by atoms with Crippen LogP contribution in [0.1, 0.15) is 21.7 Å². The Morgan fingerprint density at radius 3 is 2.67 bits per heavy atom. The van der Waals surface area contributed by atoms with Gasteiger partial charge in [-0.15, -0.1) is 0 Å². The van der Waals surface area contributed by atoms with Crippen LogP contribution in [0.4, 0.5) is 0 Å². The van der Waals surface area contributed by atoms with Gasteiger partial charge in [-0.2, -0.15) is 5.10 Å². The summed E-state index contributed by atoms with van der Waals surface area (Å²) in [6.45, 7) is 2.14. The maximum absolute atomic E-state index is 11.1. The highest BCUT2D eigenvalue weighted by Gasteiger charge is 2.16. The number of fused-ring (bicyclic) bond motifs is 1. The molecular weight excluding hydrogens is 387 g/mol. The van der Waals surface area contributed by atoms with Gasteiger partial charge in [0.05, 0.1) is 11.6 Å². The van der Waals surface area contributed by atoms with E-state index in [-0.39, 0.29) is 5.69 Å². The highest BCUT2D eigenvalue weighted by molar-refractivity contribution is 6.33. The van der Waals surface area contributed by atoms with Gasteiger partial charge in [0.1, 0.15) is 11.3 Å². The molecule has 7 heteroatoms. The van der Waals surface area contributed by atoms with Crippen LogP contribution in [0.3, 0.4) is 0 Å². The molecule has 0 aliphatic heterocycles. The van der Waals surface area contributed by atoms with E-state index in [9.17, 15) is 4.79 Å². The molecule has 0 aliphatic rings. The second-order valence-electron chi connectivity index (χ2n) is 6.21. The van der Waals surface area contributed by atoms with Crippen LogP contribution in [0.5, 0.6) is 0 Å². The van der Waals surface area contributed by atoms with Gasteiger partial charge in [0.2, 0.25) is 0 Å². The Balaban J connectivity index is 1.81. The van der Waals surface area contributed by atoms with Crippen molar-refractivity contribution in [1.82, 2.24) is 9.78 Å². The maximum atomic E-state index is 11.1. The molecule has 2 aromatic carbocycles. The zero-order valence-electron chi connectivity index (χ0n) is 14.2. The molecular formula is C20H14Cl2N2O3. The number of nitrogens with zero attached hydrogens (tertiary/aromatic N) is 2. The van der Waals surface area contributed by atoms with Gasteiger partial charge >= 0.3 is 5.97 Å². The summed E-state index contributed by atoms with van der Waals surface area (Å²) in [5, 5.41) is 15.3. The Hall–Kier alpha value is -2.76. The molecule has 0 saturated heterocycles. The maximum Gasteiger partial charge on any atom is 0.356 e. The molecule has 0 unspecified atom stereocenters. The first-order valence-electron chi connectivity index (χ1n) is 8.17. The number of hydrogen-bond donors (Lipinski definition) is 1. The minimum atomic E-state index is -1.06.